The predicted molar refractivity (Wildman–Crippen MR) is 123 cm³/mol. The van der Waals surface area contributed by atoms with Crippen molar-refractivity contribution >= 4 is 45.6 Å². The van der Waals surface area contributed by atoms with Gasteiger partial charge in [0.05, 0.1) is 18.4 Å². The molecule has 0 radical (unpaired) electrons. The number of ether oxygens (including phenoxy) is 2. The van der Waals surface area contributed by atoms with Crippen LogP contribution in [0.5, 0.6) is 11.5 Å². The fourth-order valence-corrected chi connectivity index (χ4v) is 2.92. The van der Waals surface area contributed by atoms with Crippen molar-refractivity contribution in [2.45, 2.75) is 6.92 Å². The molecule has 0 fully saturated rings. The normalized spacial score (nSPS) is 10.7. The van der Waals surface area contributed by atoms with Crippen molar-refractivity contribution in [3.8, 4) is 11.5 Å². The Morgan fingerprint density at radius 3 is 2.35 bits per heavy atom. The Labute approximate surface area is 193 Å². The third kappa shape index (κ3) is 6.41. The van der Waals surface area contributed by atoms with Gasteiger partial charge in [-0.15, -0.1) is 0 Å². The average Bonchev–Trinajstić information content (AvgIpc) is 2.76. The fourth-order valence-electron chi connectivity index (χ4n) is 2.53. The third-order valence-electron chi connectivity index (χ3n) is 4.04. The first-order valence-corrected chi connectivity index (χ1v) is 10.5. The topological polar surface area (TPSA) is 77.0 Å². The molecular formula is C23H18BrClN2O4. The number of carbonyl (C=O) groups excluding carboxylic acids is 2. The second-order valence-electron chi connectivity index (χ2n) is 6.24. The summed E-state index contributed by atoms with van der Waals surface area (Å²) in [7, 11) is 0. The lowest BCUT2D eigenvalue weighted by Gasteiger charge is -2.11. The summed E-state index contributed by atoms with van der Waals surface area (Å²) in [6, 6.07) is 18.3. The monoisotopic (exact) mass is 500 g/mol. The smallest absolute Gasteiger partial charge is 0.343 e. The quantitative estimate of drug-likeness (QED) is 0.201. The molecule has 3 aromatic carbocycles. The standard InChI is InChI=1S/C23H18BrClN2O4/c1-2-30-21-13-15(14-26-27-22(28)16-4-8-18(24)9-5-16)3-12-20(21)31-23(29)17-6-10-19(25)11-7-17/h3-14H,2H2,1H3,(H,27,28)/b26-14+. The van der Waals surface area contributed by atoms with Gasteiger partial charge in [0.1, 0.15) is 0 Å². The molecule has 1 N–H and O–H groups in total. The Bertz CT molecular complexity index is 1100. The second-order valence-corrected chi connectivity index (χ2v) is 7.59. The highest BCUT2D eigenvalue weighted by Gasteiger charge is 2.13. The molecule has 3 aromatic rings. The van der Waals surface area contributed by atoms with Crippen LogP contribution < -0.4 is 14.9 Å². The first-order valence-electron chi connectivity index (χ1n) is 9.30. The first-order chi connectivity index (χ1) is 15.0. The Balaban J connectivity index is 1.69. The Morgan fingerprint density at radius 2 is 1.68 bits per heavy atom. The van der Waals surface area contributed by atoms with E-state index < -0.39 is 5.97 Å². The van der Waals surface area contributed by atoms with Crippen molar-refractivity contribution in [2.24, 2.45) is 5.10 Å². The van der Waals surface area contributed by atoms with E-state index in [-0.39, 0.29) is 11.7 Å². The number of rotatable bonds is 7. The SMILES string of the molecule is CCOc1cc(/C=N/NC(=O)c2ccc(Br)cc2)ccc1OC(=O)c1ccc(Cl)cc1. The number of nitrogens with one attached hydrogen (secondary N) is 1. The largest absolute Gasteiger partial charge is 0.490 e. The molecule has 0 unspecified atom stereocenters. The van der Waals surface area contributed by atoms with Gasteiger partial charge in [0, 0.05) is 15.1 Å². The minimum Gasteiger partial charge on any atom is -0.490 e. The number of hydrogen-bond donors (Lipinski definition) is 1. The molecule has 6 nitrogen and oxygen atoms in total. The van der Waals surface area contributed by atoms with Gasteiger partial charge in [0.2, 0.25) is 0 Å². The summed E-state index contributed by atoms with van der Waals surface area (Å²) in [5.41, 5.74) is 3.98. The average molecular weight is 502 g/mol. The van der Waals surface area contributed by atoms with E-state index in [1.165, 1.54) is 6.21 Å². The lowest BCUT2D eigenvalue weighted by Crippen LogP contribution is -2.17. The van der Waals surface area contributed by atoms with Crippen LogP contribution in [0.2, 0.25) is 5.02 Å². The molecule has 158 valence electrons. The Kier molecular flexibility index (Phi) is 7.81. The summed E-state index contributed by atoms with van der Waals surface area (Å²) >= 11 is 9.17. The van der Waals surface area contributed by atoms with Crippen LogP contribution in [0.1, 0.15) is 33.2 Å². The number of esters is 1. The lowest BCUT2D eigenvalue weighted by atomic mass is 10.2. The van der Waals surface area contributed by atoms with E-state index in [4.69, 9.17) is 21.1 Å². The van der Waals surface area contributed by atoms with Gasteiger partial charge in [0.25, 0.3) is 5.91 Å². The maximum absolute atomic E-state index is 12.4. The summed E-state index contributed by atoms with van der Waals surface area (Å²) in [4.78, 5) is 24.5. The molecule has 0 bridgehead atoms. The molecular weight excluding hydrogens is 484 g/mol. The minimum absolute atomic E-state index is 0.276. The molecule has 0 aromatic heterocycles. The van der Waals surface area contributed by atoms with Gasteiger partial charge in [-0.2, -0.15) is 5.10 Å². The number of amides is 1. The highest BCUT2D eigenvalue weighted by atomic mass is 79.9. The van der Waals surface area contributed by atoms with E-state index in [0.717, 1.165) is 4.47 Å². The molecule has 0 saturated heterocycles. The maximum Gasteiger partial charge on any atom is 0.343 e. The van der Waals surface area contributed by atoms with Gasteiger partial charge in [-0.1, -0.05) is 27.5 Å². The zero-order chi connectivity index (χ0) is 22.2. The van der Waals surface area contributed by atoms with Crippen LogP contribution in [-0.2, 0) is 0 Å². The summed E-state index contributed by atoms with van der Waals surface area (Å²) in [6.45, 7) is 2.20. The highest BCUT2D eigenvalue weighted by Crippen LogP contribution is 2.29. The van der Waals surface area contributed by atoms with Gasteiger partial charge >= 0.3 is 5.97 Å². The molecule has 0 aliphatic heterocycles. The number of hydrogen-bond acceptors (Lipinski definition) is 5. The predicted octanol–water partition coefficient (Wildman–Crippen LogP) is 5.48. The summed E-state index contributed by atoms with van der Waals surface area (Å²) < 4.78 is 11.9. The van der Waals surface area contributed by atoms with E-state index in [9.17, 15) is 9.59 Å². The molecule has 0 aliphatic carbocycles. The molecule has 8 heteroatoms. The second kappa shape index (κ2) is 10.7. The van der Waals surface area contributed by atoms with Crippen molar-refractivity contribution in [1.82, 2.24) is 5.43 Å². The lowest BCUT2D eigenvalue weighted by molar-refractivity contribution is 0.0728. The number of nitrogens with zero attached hydrogens (tertiary/aromatic N) is 1. The van der Waals surface area contributed by atoms with Gasteiger partial charge in [-0.3, -0.25) is 4.79 Å². The van der Waals surface area contributed by atoms with Crippen LogP contribution in [0.15, 0.2) is 76.3 Å². The molecule has 31 heavy (non-hydrogen) atoms. The molecule has 1 amide bonds. The Morgan fingerprint density at radius 1 is 1.00 bits per heavy atom. The van der Waals surface area contributed by atoms with Gasteiger partial charge in [-0.25, -0.2) is 10.2 Å². The van der Waals surface area contributed by atoms with E-state index in [0.29, 0.717) is 34.1 Å². The molecule has 3 rings (SSSR count). The van der Waals surface area contributed by atoms with Crippen molar-refractivity contribution in [3.63, 3.8) is 0 Å². The van der Waals surface area contributed by atoms with Crippen LogP contribution >= 0.6 is 27.5 Å². The molecule has 0 saturated carbocycles. The van der Waals surface area contributed by atoms with Gasteiger partial charge < -0.3 is 9.47 Å². The van der Waals surface area contributed by atoms with Gasteiger partial charge in [-0.05, 0) is 79.2 Å². The van der Waals surface area contributed by atoms with Crippen LogP contribution in [0.25, 0.3) is 0 Å². The van der Waals surface area contributed by atoms with E-state index in [1.807, 2.05) is 6.92 Å². The van der Waals surface area contributed by atoms with Crippen LogP contribution in [0.4, 0.5) is 0 Å². The van der Waals surface area contributed by atoms with E-state index in [2.05, 4.69) is 26.5 Å². The maximum atomic E-state index is 12.4. The Hall–Kier alpha value is -3.16. The molecule has 0 heterocycles. The zero-order valence-corrected chi connectivity index (χ0v) is 18.8. The first kappa shape index (κ1) is 22.5. The van der Waals surface area contributed by atoms with E-state index >= 15 is 0 Å². The summed E-state index contributed by atoms with van der Waals surface area (Å²) in [6.07, 6.45) is 1.48. The third-order valence-corrected chi connectivity index (χ3v) is 4.82. The number of carbonyl (C=O) groups is 2. The highest BCUT2D eigenvalue weighted by molar-refractivity contribution is 9.10. The minimum atomic E-state index is -0.527. The fraction of sp³-hybridized carbons (Fsp3) is 0.0870. The van der Waals surface area contributed by atoms with Gasteiger partial charge in [0.15, 0.2) is 11.5 Å². The summed E-state index contributed by atoms with van der Waals surface area (Å²) in [5, 5.41) is 4.51. The summed E-state index contributed by atoms with van der Waals surface area (Å²) in [5.74, 6) is -0.200. The molecule has 0 spiro atoms. The zero-order valence-electron chi connectivity index (χ0n) is 16.5. The van der Waals surface area contributed by atoms with E-state index in [1.54, 1.807) is 66.7 Å². The van der Waals surface area contributed by atoms with Crippen LogP contribution in [0.3, 0.4) is 0 Å². The van der Waals surface area contributed by atoms with Crippen LogP contribution in [-0.4, -0.2) is 24.7 Å². The number of halogens is 2. The van der Waals surface area contributed by atoms with Crippen molar-refractivity contribution in [1.29, 1.82) is 0 Å². The van der Waals surface area contributed by atoms with Crippen molar-refractivity contribution < 1.29 is 19.1 Å². The van der Waals surface area contributed by atoms with Crippen molar-refractivity contribution in [2.75, 3.05) is 6.61 Å². The molecule has 0 atom stereocenters. The number of hydrazone groups is 1. The number of benzene rings is 3. The van der Waals surface area contributed by atoms with Crippen molar-refractivity contribution in [3.05, 3.63) is 92.9 Å². The molecule has 0 aliphatic rings. The van der Waals surface area contributed by atoms with Crippen LogP contribution in [0, 0.1) is 0 Å².